The molecule has 5 heteroatoms. The Labute approximate surface area is 104 Å². The highest BCUT2D eigenvalue weighted by Crippen LogP contribution is 2.22. The smallest absolute Gasteiger partial charge is 0.138 e. The van der Waals surface area contributed by atoms with E-state index in [1.54, 1.807) is 0 Å². The Kier molecular flexibility index (Phi) is 3.23. The number of nitrogens with one attached hydrogen (secondary N) is 1. The summed E-state index contributed by atoms with van der Waals surface area (Å²) in [5.41, 5.74) is 7.51. The summed E-state index contributed by atoms with van der Waals surface area (Å²) in [6, 6.07) is 7.95. The van der Waals surface area contributed by atoms with Gasteiger partial charge in [-0.2, -0.15) is 0 Å². The molecule has 0 aliphatic heterocycles. The Morgan fingerprint density at radius 2 is 1.87 bits per heavy atom. The van der Waals surface area contributed by atoms with Gasteiger partial charge in [-0.25, -0.2) is 4.98 Å². The monoisotopic (exact) mass is 329 g/mol. The van der Waals surface area contributed by atoms with Gasteiger partial charge in [0.2, 0.25) is 0 Å². The second kappa shape index (κ2) is 4.47. The first kappa shape index (κ1) is 10.9. The van der Waals surface area contributed by atoms with Crippen LogP contribution in [0, 0.1) is 0 Å². The minimum atomic E-state index is 0.449. The van der Waals surface area contributed by atoms with E-state index in [9.17, 15) is 0 Å². The fourth-order valence-corrected chi connectivity index (χ4v) is 1.97. The zero-order valence-corrected chi connectivity index (χ0v) is 11.0. The van der Waals surface area contributed by atoms with E-state index in [1.165, 1.54) is 0 Å². The first-order chi connectivity index (χ1) is 7.20. The molecule has 1 aromatic carbocycles. The first-order valence-electron chi connectivity index (χ1n) is 4.41. The predicted molar refractivity (Wildman–Crippen MR) is 67.3 cm³/mol. The second-order valence-corrected chi connectivity index (χ2v) is 4.73. The van der Waals surface area contributed by atoms with E-state index in [4.69, 9.17) is 5.73 Å². The predicted octanol–water partition coefficient (Wildman–Crippen LogP) is 3.06. The lowest BCUT2D eigenvalue weighted by molar-refractivity contribution is 1.00. The van der Waals surface area contributed by atoms with Gasteiger partial charge < -0.3 is 10.7 Å². The van der Waals surface area contributed by atoms with Gasteiger partial charge in [0.05, 0.1) is 5.69 Å². The van der Waals surface area contributed by atoms with Crippen LogP contribution in [0.25, 0.3) is 11.4 Å². The topological polar surface area (TPSA) is 54.7 Å². The van der Waals surface area contributed by atoms with Gasteiger partial charge in [0.1, 0.15) is 10.4 Å². The van der Waals surface area contributed by atoms with E-state index in [2.05, 4.69) is 41.8 Å². The number of aromatic amines is 1. The van der Waals surface area contributed by atoms with Crippen LogP contribution in [0.4, 0.5) is 0 Å². The van der Waals surface area contributed by atoms with Gasteiger partial charge in [0.15, 0.2) is 0 Å². The third-order valence-corrected chi connectivity index (χ3v) is 3.23. The highest BCUT2D eigenvalue weighted by Gasteiger charge is 2.07. The number of H-pyrrole nitrogens is 1. The van der Waals surface area contributed by atoms with E-state index in [-0.39, 0.29) is 0 Å². The van der Waals surface area contributed by atoms with Crippen molar-refractivity contribution in [1.82, 2.24) is 9.97 Å². The Balaban J connectivity index is 2.41. The molecule has 2 aromatic rings. The van der Waals surface area contributed by atoms with Crippen LogP contribution >= 0.6 is 31.9 Å². The second-order valence-electron chi connectivity index (χ2n) is 3.07. The lowest BCUT2D eigenvalue weighted by Crippen LogP contribution is -1.96. The molecule has 0 atom stereocenters. The van der Waals surface area contributed by atoms with Gasteiger partial charge in [-0.15, -0.1) is 0 Å². The maximum atomic E-state index is 5.56. The van der Waals surface area contributed by atoms with Crippen molar-refractivity contribution >= 4 is 31.9 Å². The van der Waals surface area contributed by atoms with Crippen molar-refractivity contribution in [1.29, 1.82) is 0 Å². The Morgan fingerprint density at radius 1 is 1.20 bits per heavy atom. The van der Waals surface area contributed by atoms with Crippen LogP contribution in [0.2, 0.25) is 0 Å². The third kappa shape index (κ3) is 2.30. The zero-order valence-electron chi connectivity index (χ0n) is 7.80. The van der Waals surface area contributed by atoms with Gasteiger partial charge in [0.25, 0.3) is 0 Å². The van der Waals surface area contributed by atoms with Gasteiger partial charge in [-0.05, 0) is 28.1 Å². The van der Waals surface area contributed by atoms with E-state index in [1.807, 2.05) is 24.3 Å². The number of nitrogens with two attached hydrogens (primary N) is 1. The number of rotatable bonds is 2. The number of nitrogens with zero attached hydrogens (tertiary/aromatic N) is 1. The van der Waals surface area contributed by atoms with E-state index < -0.39 is 0 Å². The summed E-state index contributed by atoms with van der Waals surface area (Å²) in [7, 11) is 0. The average Bonchev–Trinajstić information content (AvgIpc) is 2.61. The van der Waals surface area contributed by atoms with Crippen LogP contribution in [-0.4, -0.2) is 9.97 Å². The number of imidazole rings is 1. The molecule has 0 radical (unpaired) electrons. The molecule has 3 N–H and O–H groups in total. The van der Waals surface area contributed by atoms with Gasteiger partial charge in [0, 0.05) is 16.6 Å². The molecule has 0 unspecified atom stereocenters. The van der Waals surface area contributed by atoms with E-state index in [0.29, 0.717) is 6.54 Å². The van der Waals surface area contributed by atoms with Gasteiger partial charge in [-0.3, -0.25) is 0 Å². The van der Waals surface area contributed by atoms with Crippen LogP contribution in [0.1, 0.15) is 5.69 Å². The van der Waals surface area contributed by atoms with E-state index >= 15 is 0 Å². The molecule has 0 spiro atoms. The van der Waals surface area contributed by atoms with Crippen molar-refractivity contribution in [2.45, 2.75) is 6.54 Å². The zero-order chi connectivity index (χ0) is 10.8. The SMILES string of the molecule is NCc1[nH]c(-c2ccc(Br)cc2)nc1Br. The quantitative estimate of drug-likeness (QED) is 0.889. The summed E-state index contributed by atoms with van der Waals surface area (Å²) in [5, 5.41) is 0. The third-order valence-electron chi connectivity index (χ3n) is 2.05. The minimum Gasteiger partial charge on any atom is -0.340 e. The maximum Gasteiger partial charge on any atom is 0.138 e. The van der Waals surface area contributed by atoms with Crippen molar-refractivity contribution in [2.75, 3.05) is 0 Å². The number of aromatic nitrogens is 2. The Hall–Kier alpha value is -0.650. The molecular weight excluding hydrogens is 322 g/mol. The summed E-state index contributed by atoms with van der Waals surface area (Å²) in [6.45, 7) is 0.449. The molecule has 0 bridgehead atoms. The normalized spacial score (nSPS) is 10.6. The summed E-state index contributed by atoms with van der Waals surface area (Å²) in [4.78, 5) is 7.52. The fraction of sp³-hybridized carbons (Fsp3) is 0.100. The van der Waals surface area contributed by atoms with Gasteiger partial charge >= 0.3 is 0 Å². The Morgan fingerprint density at radius 3 is 2.40 bits per heavy atom. The van der Waals surface area contributed by atoms with Crippen LogP contribution in [-0.2, 0) is 6.54 Å². The van der Waals surface area contributed by atoms with Crippen LogP contribution in [0.15, 0.2) is 33.3 Å². The number of hydrogen-bond acceptors (Lipinski definition) is 2. The molecule has 0 aliphatic rings. The highest BCUT2D eigenvalue weighted by atomic mass is 79.9. The highest BCUT2D eigenvalue weighted by molar-refractivity contribution is 9.10. The largest absolute Gasteiger partial charge is 0.340 e. The molecule has 0 saturated carbocycles. The molecule has 3 nitrogen and oxygen atoms in total. The number of benzene rings is 1. The van der Waals surface area contributed by atoms with Crippen molar-refractivity contribution in [2.24, 2.45) is 5.73 Å². The summed E-state index contributed by atoms with van der Waals surface area (Å²) < 4.78 is 1.83. The van der Waals surface area contributed by atoms with Crippen molar-refractivity contribution in [3.8, 4) is 11.4 Å². The number of halogens is 2. The molecule has 15 heavy (non-hydrogen) atoms. The van der Waals surface area contributed by atoms with Crippen molar-refractivity contribution in [3.05, 3.63) is 39.0 Å². The molecule has 1 aromatic heterocycles. The van der Waals surface area contributed by atoms with Crippen LogP contribution < -0.4 is 5.73 Å². The molecule has 1 heterocycles. The average molecular weight is 331 g/mol. The summed E-state index contributed by atoms with van der Waals surface area (Å²) in [5.74, 6) is 0.829. The number of hydrogen-bond donors (Lipinski definition) is 2. The van der Waals surface area contributed by atoms with Crippen LogP contribution in [0.5, 0.6) is 0 Å². The molecule has 2 rings (SSSR count). The molecule has 0 amide bonds. The minimum absolute atomic E-state index is 0.449. The van der Waals surface area contributed by atoms with E-state index in [0.717, 1.165) is 26.2 Å². The summed E-state index contributed by atoms with van der Waals surface area (Å²) in [6.07, 6.45) is 0. The lowest BCUT2D eigenvalue weighted by Gasteiger charge is -1.96. The summed E-state index contributed by atoms with van der Waals surface area (Å²) >= 11 is 6.75. The Bertz CT molecular complexity index is 462. The lowest BCUT2D eigenvalue weighted by atomic mass is 10.2. The molecule has 78 valence electrons. The molecule has 0 aliphatic carbocycles. The molecule has 0 saturated heterocycles. The van der Waals surface area contributed by atoms with Gasteiger partial charge in [-0.1, -0.05) is 28.1 Å². The first-order valence-corrected chi connectivity index (χ1v) is 5.99. The van der Waals surface area contributed by atoms with Crippen molar-refractivity contribution < 1.29 is 0 Å². The molecule has 0 fully saturated rings. The van der Waals surface area contributed by atoms with Crippen LogP contribution in [0.3, 0.4) is 0 Å². The maximum absolute atomic E-state index is 5.56. The standard InChI is InChI=1S/C10H9Br2N3/c11-7-3-1-6(2-4-7)10-14-8(5-13)9(12)15-10/h1-4H,5,13H2,(H,14,15). The molecular formula is C10H9Br2N3. The fourth-order valence-electron chi connectivity index (χ4n) is 1.27. The van der Waals surface area contributed by atoms with Crippen molar-refractivity contribution in [3.63, 3.8) is 0 Å².